The number of benzene rings is 2. The van der Waals surface area contributed by atoms with Gasteiger partial charge in [-0.25, -0.2) is 0 Å². The molecule has 22 heavy (non-hydrogen) atoms. The molecule has 0 spiro atoms. The molecule has 0 atom stereocenters. The Balaban J connectivity index is 2.23. The second-order valence-electron chi connectivity index (χ2n) is 5.05. The summed E-state index contributed by atoms with van der Waals surface area (Å²) in [6, 6.07) is 20.4. The topological polar surface area (TPSA) is 27.7 Å². The summed E-state index contributed by atoms with van der Waals surface area (Å²) in [6.45, 7) is 4.72. The van der Waals surface area contributed by atoms with Crippen LogP contribution in [0, 0.1) is 0 Å². The van der Waals surface area contributed by atoms with Gasteiger partial charge in [-0.2, -0.15) is 0 Å². The number of hydrogen-bond acceptors (Lipinski definition) is 3. The zero-order valence-electron chi connectivity index (χ0n) is 13.3. The fourth-order valence-electron chi connectivity index (χ4n) is 2.20. The van der Waals surface area contributed by atoms with Gasteiger partial charge in [-0.3, -0.25) is 0 Å². The average molecular weight is 316 g/mol. The second kappa shape index (κ2) is 8.61. The molecule has 0 aromatic heterocycles. The Kier molecular flexibility index (Phi) is 6.49. The first-order chi connectivity index (χ1) is 10.8. The van der Waals surface area contributed by atoms with E-state index < -0.39 is 8.80 Å². The molecule has 4 heteroatoms. The first kappa shape index (κ1) is 16.6. The standard InChI is InChI=1S/C18H24O3Si/c1-3-5-16-22(19-4-2,20-17-12-8-6-9-13-17)21-18-14-10-7-11-15-18/h6-15H,3-5,16H2,1-2H3. The Bertz CT molecular complexity index is 489. The van der Waals surface area contributed by atoms with E-state index >= 15 is 0 Å². The van der Waals surface area contributed by atoms with Gasteiger partial charge in [0.1, 0.15) is 11.5 Å². The van der Waals surface area contributed by atoms with Crippen LogP contribution in [0.25, 0.3) is 0 Å². The van der Waals surface area contributed by atoms with Crippen molar-refractivity contribution in [3.63, 3.8) is 0 Å². The van der Waals surface area contributed by atoms with Gasteiger partial charge < -0.3 is 13.3 Å². The number of para-hydroxylation sites is 2. The predicted molar refractivity (Wildman–Crippen MR) is 91.2 cm³/mol. The van der Waals surface area contributed by atoms with Crippen LogP contribution in [0.2, 0.25) is 6.04 Å². The lowest BCUT2D eigenvalue weighted by Gasteiger charge is -2.30. The van der Waals surface area contributed by atoms with Crippen LogP contribution in [0.1, 0.15) is 26.7 Å². The van der Waals surface area contributed by atoms with E-state index in [9.17, 15) is 0 Å². The van der Waals surface area contributed by atoms with Gasteiger partial charge in [-0.05, 0) is 37.6 Å². The van der Waals surface area contributed by atoms with Crippen LogP contribution in [-0.4, -0.2) is 15.4 Å². The van der Waals surface area contributed by atoms with Crippen molar-refractivity contribution in [2.24, 2.45) is 0 Å². The molecule has 0 bridgehead atoms. The summed E-state index contributed by atoms with van der Waals surface area (Å²) in [5.74, 6) is 1.60. The molecule has 0 aliphatic carbocycles. The van der Waals surface area contributed by atoms with Crippen LogP contribution in [0.5, 0.6) is 11.5 Å². The van der Waals surface area contributed by atoms with Gasteiger partial charge in [0.05, 0.1) is 0 Å². The van der Waals surface area contributed by atoms with E-state index in [1.165, 1.54) is 0 Å². The maximum Gasteiger partial charge on any atom is 0.632 e. The molecule has 2 aromatic rings. The smallest absolute Gasteiger partial charge is 0.492 e. The third-order valence-corrected chi connectivity index (χ3v) is 6.02. The monoisotopic (exact) mass is 316 g/mol. The SMILES string of the molecule is CCCC[Si](OCC)(Oc1ccccc1)Oc1ccccc1. The summed E-state index contributed by atoms with van der Waals surface area (Å²) < 4.78 is 18.5. The molecule has 0 aliphatic heterocycles. The van der Waals surface area contributed by atoms with Crippen molar-refractivity contribution in [1.29, 1.82) is 0 Å². The Morgan fingerprint density at radius 2 is 1.27 bits per heavy atom. The summed E-state index contributed by atoms with van der Waals surface area (Å²) in [7, 11) is -2.80. The minimum absolute atomic E-state index is 0.579. The van der Waals surface area contributed by atoms with Gasteiger partial charge in [0.2, 0.25) is 0 Å². The van der Waals surface area contributed by atoms with Gasteiger partial charge in [-0.15, -0.1) is 0 Å². The zero-order chi connectivity index (χ0) is 15.7. The predicted octanol–water partition coefficient (Wildman–Crippen LogP) is 4.92. The number of unbranched alkanes of at least 4 members (excludes halogenated alkanes) is 1. The van der Waals surface area contributed by atoms with Gasteiger partial charge in [-0.1, -0.05) is 49.7 Å². The highest BCUT2D eigenvalue weighted by Gasteiger charge is 2.45. The van der Waals surface area contributed by atoms with Gasteiger partial charge >= 0.3 is 8.80 Å². The Morgan fingerprint density at radius 1 is 0.773 bits per heavy atom. The van der Waals surface area contributed by atoms with E-state index in [1.54, 1.807) is 0 Å². The van der Waals surface area contributed by atoms with Gasteiger partial charge in [0, 0.05) is 12.7 Å². The molecule has 0 N–H and O–H groups in total. The van der Waals surface area contributed by atoms with Gasteiger partial charge in [0.15, 0.2) is 0 Å². The van der Waals surface area contributed by atoms with Crippen molar-refractivity contribution < 1.29 is 13.3 Å². The molecule has 0 saturated heterocycles. The van der Waals surface area contributed by atoms with E-state index in [-0.39, 0.29) is 0 Å². The summed E-state index contributed by atoms with van der Waals surface area (Å²) in [4.78, 5) is 0. The van der Waals surface area contributed by atoms with Crippen LogP contribution < -0.4 is 8.85 Å². The summed E-state index contributed by atoms with van der Waals surface area (Å²) >= 11 is 0. The first-order valence-corrected chi connectivity index (χ1v) is 9.83. The van der Waals surface area contributed by atoms with Crippen molar-refractivity contribution in [2.75, 3.05) is 6.61 Å². The molecule has 0 amide bonds. The number of rotatable bonds is 9. The number of hydrogen-bond donors (Lipinski definition) is 0. The van der Waals surface area contributed by atoms with Crippen LogP contribution in [0.15, 0.2) is 60.7 Å². The van der Waals surface area contributed by atoms with Crippen LogP contribution in [0.3, 0.4) is 0 Å². The molecule has 0 saturated carbocycles. The maximum absolute atomic E-state index is 6.24. The fraction of sp³-hybridized carbons (Fsp3) is 0.333. The molecule has 2 aromatic carbocycles. The molecular formula is C18H24O3Si. The Morgan fingerprint density at radius 3 is 1.68 bits per heavy atom. The molecule has 0 radical (unpaired) electrons. The quantitative estimate of drug-likeness (QED) is 0.615. The zero-order valence-corrected chi connectivity index (χ0v) is 14.3. The van der Waals surface area contributed by atoms with E-state index in [4.69, 9.17) is 13.3 Å². The third kappa shape index (κ3) is 4.89. The van der Waals surface area contributed by atoms with Gasteiger partial charge in [0.25, 0.3) is 0 Å². The second-order valence-corrected chi connectivity index (χ2v) is 7.61. The summed E-state index contributed by atoms with van der Waals surface area (Å²) in [6.07, 6.45) is 2.10. The average Bonchev–Trinajstić information content (AvgIpc) is 2.55. The first-order valence-electron chi connectivity index (χ1n) is 7.90. The van der Waals surface area contributed by atoms with E-state index in [2.05, 4.69) is 6.92 Å². The molecule has 0 unspecified atom stereocenters. The lowest BCUT2D eigenvalue weighted by Crippen LogP contribution is -2.51. The molecule has 118 valence electrons. The minimum atomic E-state index is -2.80. The molecule has 0 heterocycles. The fourth-order valence-corrected chi connectivity index (χ4v) is 4.93. The Hall–Kier alpha value is -1.78. The maximum atomic E-state index is 6.24. The van der Waals surface area contributed by atoms with Crippen molar-refractivity contribution in [3.8, 4) is 11.5 Å². The highest BCUT2D eigenvalue weighted by molar-refractivity contribution is 6.62. The van der Waals surface area contributed by atoms with Crippen molar-refractivity contribution in [1.82, 2.24) is 0 Å². The van der Waals surface area contributed by atoms with Crippen molar-refractivity contribution in [3.05, 3.63) is 60.7 Å². The van der Waals surface area contributed by atoms with Crippen molar-refractivity contribution >= 4 is 8.80 Å². The largest absolute Gasteiger partial charge is 0.632 e. The highest BCUT2D eigenvalue weighted by Crippen LogP contribution is 2.25. The summed E-state index contributed by atoms with van der Waals surface area (Å²) in [5, 5.41) is 0. The Labute approximate surface area is 134 Å². The van der Waals surface area contributed by atoms with Crippen LogP contribution in [0.4, 0.5) is 0 Å². The van der Waals surface area contributed by atoms with E-state index in [0.717, 1.165) is 30.4 Å². The minimum Gasteiger partial charge on any atom is -0.492 e. The summed E-state index contributed by atoms with van der Waals surface area (Å²) in [5.41, 5.74) is 0. The highest BCUT2D eigenvalue weighted by atomic mass is 28.4. The molecule has 0 fully saturated rings. The lowest BCUT2D eigenvalue weighted by molar-refractivity contribution is 0.172. The molecule has 3 nitrogen and oxygen atoms in total. The van der Waals surface area contributed by atoms with Crippen LogP contribution in [-0.2, 0) is 4.43 Å². The molecule has 2 rings (SSSR count). The van der Waals surface area contributed by atoms with E-state index in [1.807, 2.05) is 67.6 Å². The van der Waals surface area contributed by atoms with Crippen LogP contribution >= 0.6 is 0 Å². The third-order valence-electron chi connectivity index (χ3n) is 3.23. The normalized spacial score (nSPS) is 11.2. The molecule has 0 aliphatic rings. The van der Waals surface area contributed by atoms with Crippen molar-refractivity contribution in [2.45, 2.75) is 32.7 Å². The lowest BCUT2D eigenvalue weighted by atomic mass is 10.3. The molecular weight excluding hydrogens is 292 g/mol. The van der Waals surface area contributed by atoms with E-state index in [0.29, 0.717) is 6.61 Å².